The molecule has 2 aromatic rings. The maximum Gasteiger partial charge on any atom is 0.197 e. The van der Waals surface area contributed by atoms with Crippen LogP contribution in [0.4, 0.5) is 5.82 Å². The van der Waals surface area contributed by atoms with Gasteiger partial charge in [0.25, 0.3) is 0 Å². The van der Waals surface area contributed by atoms with Crippen molar-refractivity contribution < 1.29 is 0 Å². The Hall–Kier alpha value is -2.17. The second-order valence-corrected chi connectivity index (χ2v) is 3.53. The van der Waals surface area contributed by atoms with Crippen molar-refractivity contribution in [1.29, 1.82) is 0 Å². The molecule has 80 valence electrons. The minimum atomic E-state index is 0.715. The Labute approximate surface area is 92.6 Å². The van der Waals surface area contributed by atoms with Crippen molar-refractivity contribution in [2.24, 2.45) is 4.99 Å². The van der Waals surface area contributed by atoms with Gasteiger partial charge in [-0.1, -0.05) is 12.1 Å². The summed E-state index contributed by atoms with van der Waals surface area (Å²) in [6.07, 6.45) is 1.71. The quantitative estimate of drug-likeness (QED) is 0.742. The largest absolute Gasteiger partial charge is 0.354 e. The third kappa shape index (κ3) is 1.67. The fourth-order valence-corrected chi connectivity index (χ4v) is 1.62. The molecule has 0 saturated carbocycles. The molecule has 0 unspecified atom stereocenters. The number of hydrogen-bond acceptors (Lipinski definition) is 5. The molecule has 2 N–H and O–H groups in total. The van der Waals surface area contributed by atoms with E-state index in [4.69, 9.17) is 0 Å². The van der Waals surface area contributed by atoms with E-state index in [-0.39, 0.29) is 0 Å². The average Bonchev–Trinajstić information content (AvgIpc) is 2.82. The lowest BCUT2D eigenvalue weighted by Gasteiger charge is -2.05. The Morgan fingerprint density at radius 2 is 2.06 bits per heavy atom. The van der Waals surface area contributed by atoms with Gasteiger partial charge in [0.15, 0.2) is 11.8 Å². The van der Waals surface area contributed by atoms with Gasteiger partial charge in [0, 0.05) is 6.54 Å². The summed E-state index contributed by atoms with van der Waals surface area (Å²) in [5.41, 5.74) is 1.78. The van der Waals surface area contributed by atoms with Gasteiger partial charge in [-0.05, 0) is 12.1 Å². The van der Waals surface area contributed by atoms with Crippen LogP contribution in [-0.2, 0) is 0 Å². The summed E-state index contributed by atoms with van der Waals surface area (Å²) in [5.74, 6) is 1.48. The molecule has 0 radical (unpaired) electrons. The van der Waals surface area contributed by atoms with Gasteiger partial charge >= 0.3 is 0 Å². The summed E-state index contributed by atoms with van der Waals surface area (Å²) < 4.78 is 0. The fraction of sp³-hybridized carbons (Fsp3) is 0.182. The minimum absolute atomic E-state index is 0.715. The lowest BCUT2D eigenvalue weighted by molar-refractivity contribution is 0.958. The second kappa shape index (κ2) is 3.77. The van der Waals surface area contributed by atoms with Crippen LogP contribution in [-0.4, -0.2) is 29.0 Å². The molecule has 0 spiro atoms. The standard InChI is InChI=1S/C11H11N5/c1-2-4-9-8(3-1)14-7-10(15-9)16-11-12-5-6-13-11/h1-4,7H,5-6H2,(H2,12,13,15,16). The molecule has 1 aromatic heterocycles. The number of fused-ring (bicyclic) bond motifs is 1. The summed E-state index contributed by atoms with van der Waals surface area (Å²) in [4.78, 5) is 13.0. The number of para-hydroxylation sites is 2. The topological polar surface area (TPSA) is 62.2 Å². The summed E-state index contributed by atoms with van der Waals surface area (Å²) in [6.45, 7) is 1.69. The van der Waals surface area contributed by atoms with Crippen LogP contribution in [0.25, 0.3) is 11.0 Å². The molecule has 2 heterocycles. The van der Waals surface area contributed by atoms with E-state index in [0.29, 0.717) is 5.82 Å². The molecular weight excluding hydrogens is 202 g/mol. The first-order valence-electron chi connectivity index (χ1n) is 5.19. The highest BCUT2D eigenvalue weighted by Crippen LogP contribution is 2.11. The molecule has 0 saturated heterocycles. The van der Waals surface area contributed by atoms with E-state index in [1.165, 1.54) is 0 Å². The molecule has 1 aromatic carbocycles. The Morgan fingerprint density at radius 3 is 2.88 bits per heavy atom. The Kier molecular flexibility index (Phi) is 2.14. The number of rotatable bonds is 1. The summed E-state index contributed by atoms with van der Waals surface area (Å²) in [5, 5.41) is 6.22. The molecule has 3 rings (SSSR count). The van der Waals surface area contributed by atoms with Crippen LogP contribution in [0.15, 0.2) is 35.5 Å². The van der Waals surface area contributed by atoms with Gasteiger partial charge in [-0.15, -0.1) is 0 Å². The molecule has 5 heteroatoms. The van der Waals surface area contributed by atoms with Crippen LogP contribution in [0.5, 0.6) is 0 Å². The van der Waals surface area contributed by atoms with Crippen molar-refractivity contribution in [2.75, 3.05) is 18.4 Å². The van der Waals surface area contributed by atoms with Gasteiger partial charge < -0.3 is 10.6 Å². The first-order valence-corrected chi connectivity index (χ1v) is 5.19. The molecule has 0 aliphatic carbocycles. The minimum Gasteiger partial charge on any atom is -0.354 e. The number of aromatic nitrogens is 2. The molecule has 5 nitrogen and oxygen atoms in total. The van der Waals surface area contributed by atoms with Crippen LogP contribution in [0, 0.1) is 0 Å². The van der Waals surface area contributed by atoms with Crippen molar-refractivity contribution in [3.05, 3.63) is 30.5 Å². The molecular formula is C11H11N5. The van der Waals surface area contributed by atoms with E-state index >= 15 is 0 Å². The Bertz CT molecular complexity index is 549. The number of guanidine groups is 1. The number of nitrogens with one attached hydrogen (secondary N) is 2. The lowest BCUT2D eigenvalue weighted by atomic mass is 10.3. The van der Waals surface area contributed by atoms with Crippen LogP contribution in [0.1, 0.15) is 0 Å². The van der Waals surface area contributed by atoms with E-state index in [2.05, 4.69) is 25.6 Å². The smallest absolute Gasteiger partial charge is 0.197 e. The molecule has 0 bridgehead atoms. The molecule has 0 atom stereocenters. The Balaban J connectivity index is 1.92. The van der Waals surface area contributed by atoms with Crippen LogP contribution < -0.4 is 10.6 Å². The first kappa shape index (κ1) is 9.08. The average molecular weight is 213 g/mol. The molecule has 16 heavy (non-hydrogen) atoms. The van der Waals surface area contributed by atoms with Gasteiger partial charge in [0.1, 0.15) is 0 Å². The maximum absolute atomic E-state index is 4.44. The third-order valence-electron chi connectivity index (χ3n) is 2.37. The Morgan fingerprint density at radius 1 is 1.19 bits per heavy atom. The number of nitrogens with zero attached hydrogens (tertiary/aromatic N) is 3. The van der Waals surface area contributed by atoms with Gasteiger partial charge in [-0.3, -0.25) is 9.98 Å². The van der Waals surface area contributed by atoms with E-state index < -0.39 is 0 Å². The van der Waals surface area contributed by atoms with Crippen molar-refractivity contribution in [3.8, 4) is 0 Å². The highest BCUT2D eigenvalue weighted by molar-refractivity contribution is 5.94. The summed E-state index contributed by atoms with van der Waals surface area (Å²) in [6, 6.07) is 7.79. The van der Waals surface area contributed by atoms with E-state index in [0.717, 1.165) is 30.1 Å². The van der Waals surface area contributed by atoms with Crippen LogP contribution in [0.3, 0.4) is 0 Å². The number of aliphatic imine (C=N–C) groups is 1. The zero-order valence-corrected chi connectivity index (χ0v) is 8.64. The van der Waals surface area contributed by atoms with Crippen LogP contribution >= 0.6 is 0 Å². The second-order valence-electron chi connectivity index (χ2n) is 3.53. The zero-order valence-electron chi connectivity index (χ0n) is 8.64. The highest BCUT2D eigenvalue weighted by atomic mass is 15.2. The first-order chi connectivity index (χ1) is 7.92. The fourth-order valence-electron chi connectivity index (χ4n) is 1.62. The van der Waals surface area contributed by atoms with E-state index in [1.807, 2.05) is 24.3 Å². The predicted octanol–water partition coefficient (Wildman–Crippen LogP) is 1.00. The van der Waals surface area contributed by atoms with E-state index in [1.54, 1.807) is 6.20 Å². The van der Waals surface area contributed by atoms with Crippen molar-refractivity contribution in [1.82, 2.24) is 15.3 Å². The number of anilines is 1. The van der Waals surface area contributed by atoms with E-state index in [9.17, 15) is 0 Å². The van der Waals surface area contributed by atoms with Crippen LogP contribution in [0.2, 0.25) is 0 Å². The van der Waals surface area contributed by atoms with Crippen molar-refractivity contribution in [3.63, 3.8) is 0 Å². The zero-order chi connectivity index (χ0) is 10.8. The monoisotopic (exact) mass is 213 g/mol. The highest BCUT2D eigenvalue weighted by Gasteiger charge is 2.06. The van der Waals surface area contributed by atoms with Gasteiger partial charge in [-0.25, -0.2) is 4.98 Å². The molecule has 0 amide bonds. The van der Waals surface area contributed by atoms with Gasteiger partial charge in [-0.2, -0.15) is 0 Å². The third-order valence-corrected chi connectivity index (χ3v) is 2.37. The summed E-state index contributed by atoms with van der Waals surface area (Å²) in [7, 11) is 0. The lowest BCUT2D eigenvalue weighted by Crippen LogP contribution is -2.26. The van der Waals surface area contributed by atoms with Gasteiger partial charge in [0.2, 0.25) is 0 Å². The normalized spacial score (nSPS) is 14.6. The maximum atomic E-state index is 4.44. The molecule has 1 aliphatic heterocycles. The van der Waals surface area contributed by atoms with Crippen molar-refractivity contribution >= 4 is 22.8 Å². The number of benzene rings is 1. The number of hydrogen-bond donors (Lipinski definition) is 2. The molecule has 1 aliphatic rings. The van der Waals surface area contributed by atoms with Gasteiger partial charge in [0.05, 0.1) is 23.8 Å². The predicted molar refractivity (Wildman–Crippen MR) is 63.5 cm³/mol. The molecule has 0 fully saturated rings. The SMILES string of the molecule is c1ccc2nc(NC3=NCCN3)cnc2c1. The van der Waals surface area contributed by atoms with Crippen molar-refractivity contribution in [2.45, 2.75) is 0 Å². The summed E-state index contributed by atoms with van der Waals surface area (Å²) >= 11 is 0.